The van der Waals surface area contributed by atoms with E-state index in [4.69, 9.17) is 0 Å². The van der Waals surface area contributed by atoms with Crippen LogP contribution < -0.4 is 0 Å². The average Bonchev–Trinajstić information content (AvgIpc) is 1.51. The molecule has 0 radical (unpaired) electrons. The van der Waals surface area contributed by atoms with Gasteiger partial charge in [0.05, 0.1) is 10.8 Å². The van der Waals surface area contributed by atoms with Gasteiger partial charge in [-0.3, -0.25) is 0 Å². The van der Waals surface area contributed by atoms with Gasteiger partial charge in [-0.2, -0.15) is 0 Å². The van der Waals surface area contributed by atoms with Crippen LogP contribution in [0, 0.1) is 0 Å². The van der Waals surface area contributed by atoms with Crippen molar-refractivity contribution in [3.05, 3.63) is 440 Å². The monoisotopic (exact) mass is 1730 g/mol. The van der Waals surface area contributed by atoms with Crippen LogP contribution in [0.25, 0.3) is 166 Å². The van der Waals surface area contributed by atoms with E-state index in [9.17, 15) is 0 Å². The van der Waals surface area contributed by atoms with Crippen LogP contribution in [-0.2, 0) is 37.9 Å². The summed E-state index contributed by atoms with van der Waals surface area (Å²) in [4.78, 5) is 0. The van der Waals surface area contributed by atoms with Crippen LogP contribution in [-0.4, -0.2) is 0 Å². The molecule has 0 heterocycles. The Kier molecular flexibility index (Phi) is 17.6. The molecule has 0 heteroatoms. The maximum atomic E-state index is 2.83. The maximum absolute atomic E-state index is 2.83. The van der Waals surface area contributed by atoms with E-state index in [0.717, 1.165) is 12.8 Å². The first kappa shape index (κ1) is 81.1. The van der Waals surface area contributed by atoms with Crippen LogP contribution in [0.2, 0.25) is 0 Å². The zero-order valence-corrected chi connectivity index (χ0v) is 79.7. The van der Waals surface area contributed by atoms with E-state index in [2.05, 4.69) is 409 Å². The van der Waals surface area contributed by atoms with Crippen molar-refractivity contribution >= 4 is 21.5 Å². The van der Waals surface area contributed by atoms with Gasteiger partial charge in [-0.1, -0.05) is 413 Å². The van der Waals surface area contributed by atoms with Crippen molar-refractivity contribution in [1.29, 1.82) is 0 Å². The molecule has 0 bridgehead atoms. The Morgan fingerprint density at radius 2 is 0.378 bits per heavy atom. The van der Waals surface area contributed by atoms with Crippen LogP contribution in [0.4, 0.5) is 0 Å². The predicted octanol–water partition coefficient (Wildman–Crippen LogP) is 36.3. The average molecular weight is 1740 g/mol. The molecule has 0 fully saturated rings. The number of benzene rings is 18. The van der Waals surface area contributed by atoms with E-state index < -0.39 is 10.8 Å². The fourth-order valence-electron chi connectivity index (χ4n) is 28.9. The number of fused-ring (bicyclic) bond motifs is 39. The molecule has 2 spiro atoms. The van der Waals surface area contributed by atoms with Crippen LogP contribution in [0.15, 0.2) is 340 Å². The first-order valence-corrected chi connectivity index (χ1v) is 50.9. The van der Waals surface area contributed by atoms with Crippen molar-refractivity contribution < 1.29 is 0 Å². The number of hydrogen-bond acceptors (Lipinski definition) is 0. The second kappa shape index (κ2) is 29.3. The zero-order valence-electron chi connectivity index (χ0n) is 79.7. The second-order valence-electron chi connectivity index (χ2n) is 43.6. The van der Waals surface area contributed by atoms with E-state index in [1.807, 2.05) is 0 Å². The topological polar surface area (TPSA) is 0 Å². The molecule has 18 aromatic carbocycles. The lowest BCUT2D eigenvalue weighted by Crippen LogP contribution is -2.26. The summed E-state index contributed by atoms with van der Waals surface area (Å²) >= 11 is 0. The Morgan fingerprint density at radius 3 is 0.696 bits per heavy atom. The van der Waals surface area contributed by atoms with Gasteiger partial charge in [0.2, 0.25) is 0 Å². The summed E-state index contributed by atoms with van der Waals surface area (Å²) in [5.74, 6) is 0. The minimum Gasteiger partial charge on any atom is -0.0654 e. The standard InChI is InChI=1S/C135H114/c1-11-13-15-17-19-37-67-133(68-38-20-18-16-14-12-2)121-79-107-119(131(7,8)125-75-103(87-39-21-23-47-101(87)127(107)125)85-59-65-97-95-61-55-81(69-115(95)129(3,4)117(97)73-85)83-57-63-99-93-45-29-35-53-113(93)134(123(99)71-83)109-49-31-25-41-89(109)90-42-26-32-50-110(90)134)77-105(121)106-78-120-108(80-122(106)133)128-102-48-24-22-40-88(102)104(76-126(128)132(120,9)10)86-60-66-98-96-62-56-82(70-116(96)130(5,6)118(98)74-86)84-58-64-100-94-46-30-36-54-114(94)135(124(100)72-84)111-51-33-27-43-91(111)92-44-28-34-52-112(92)135/h21-36,39-66,69-80H,11-20,37-38,67-68H2,1-10H3. The van der Waals surface area contributed by atoms with Gasteiger partial charge in [0.15, 0.2) is 0 Å². The fraction of sp³-hybridized carbons (Fsp3) is 0.230. The minimum atomic E-state index is -0.397. The summed E-state index contributed by atoms with van der Waals surface area (Å²) in [6.45, 7) is 24.9. The summed E-state index contributed by atoms with van der Waals surface area (Å²) in [6, 6.07) is 135. The van der Waals surface area contributed by atoms with Crippen molar-refractivity contribution in [2.75, 3.05) is 0 Å². The van der Waals surface area contributed by atoms with Gasteiger partial charge in [-0.25, -0.2) is 0 Å². The molecular formula is C135H114. The molecule has 0 amide bonds. The van der Waals surface area contributed by atoms with E-state index in [1.54, 1.807) is 11.1 Å². The molecule has 654 valence electrons. The van der Waals surface area contributed by atoms with Crippen molar-refractivity contribution in [2.45, 2.75) is 197 Å². The summed E-state index contributed by atoms with van der Waals surface area (Å²) in [6.07, 6.45) is 17.6. The first-order valence-electron chi connectivity index (χ1n) is 50.9. The quantitative estimate of drug-likeness (QED) is 0.0751. The van der Waals surface area contributed by atoms with Crippen LogP contribution >= 0.6 is 0 Å². The van der Waals surface area contributed by atoms with Gasteiger partial charge in [-0.05, 0) is 352 Å². The van der Waals surface area contributed by atoms with Crippen molar-refractivity contribution in [3.63, 3.8) is 0 Å². The largest absolute Gasteiger partial charge is 0.0725 e. The molecule has 0 saturated carbocycles. The van der Waals surface area contributed by atoms with Crippen LogP contribution in [0.1, 0.15) is 259 Å². The Balaban J connectivity index is 0.548. The third kappa shape index (κ3) is 10.9. The normalized spacial score (nSPS) is 16.2. The smallest absolute Gasteiger partial charge is 0.0654 e. The molecule has 0 saturated heterocycles. The lowest BCUT2D eigenvalue weighted by molar-refractivity contribution is 0.398. The van der Waals surface area contributed by atoms with E-state index in [0.29, 0.717) is 0 Å². The highest BCUT2D eigenvalue weighted by Crippen LogP contribution is 2.69. The molecule has 9 aliphatic rings. The number of unbranched alkanes of at least 4 members (excludes halogenated alkanes) is 10. The lowest BCUT2D eigenvalue weighted by Gasteiger charge is -2.34. The molecular weight excluding hydrogens is 1620 g/mol. The molecule has 0 unspecified atom stereocenters. The molecule has 0 aliphatic heterocycles. The van der Waals surface area contributed by atoms with Crippen LogP contribution in [0.3, 0.4) is 0 Å². The van der Waals surface area contributed by atoms with Gasteiger partial charge in [-0.15, -0.1) is 0 Å². The summed E-state index contributed by atoms with van der Waals surface area (Å²) in [5.41, 5.74) is 58.6. The van der Waals surface area contributed by atoms with Gasteiger partial charge >= 0.3 is 0 Å². The number of hydrogen-bond donors (Lipinski definition) is 0. The molecule has 0 atom stereocenters. The lowest BCUT2D eigenvalue weighted by atomic mass is 9.69. The highest BCUT2D eigenvalue weighted by atomic mass is 14.6. The SMILES string of the molecule is CCCCCCCCC1(CCCCCCCC)c2cc3c(cc2-c2cc4c(cc21)-c1c(cc(-c2ccc5c(c2)C(C)(C)c2cc(-c6ccc7c(c6)C6(c8ccccc8-c8ccccc86)c6ccccc6-7)ccc2-5)c2ccccc12)C4(C)C)C(C)(C)c1cc(-c2ccc4c(c2)C(C)(C)c2cc(-c5ccc6c(c5)C5(c7ccccc7-c7ccccc75)c5ccccc5-6)ccc2-4)c2ccccc2c1-3. The third-order valence-electron chi connectivity index (χ3n) is 35.5. The van der Waals surface area contributed by atoms with Gasteiger partial charge in [0.1, 0.15) is 0 Å². The minimum absolute atomic E-state index is 0.168. The highest BCUT2D eigenvalue weighted by molar-refractivity contribution is 6.13. The Bertz CT molecular complexity index is 7600. The second-order valence-corrected chi connectivity index (χ2v) is 43.6. The zero-order chi connectivity index (χ0) is 90.7. The molecule has 9 aliphatic carbocycles. The summed E-state index contributed by atoms with van der Waals surface area (Å²) < 4.78 is 0. The van der Waals surface area contributed by atoms with Crippen molar-refractivity contribution in [2.24, 2.45) is 0 Å². The van der Waals surface area contributed by atoms with E-state index >= 15 is 0 Å². The molecule has 0 nitrogen and oxygen atoms in total. The third-order valence-corrected chi connectivity index (χ3v) is 35.5. The van der Waals surface area contributed by atoms with Gasteiger partial charge < -0.3 is 0 Å². The fourth-order valence-corrected chi connectivity index (χ4v) is 28.9. The first-order chi connectivity index (χ1) is 65.9. The Hall–Kier alpha value is -13.5. The maximum Gasteiger partial charge on any atom is 0.0725 e. The molecule has 135 heavy (non-hydrogen) atoms. The molecule has 18 aromatic rings. The summed E-state index contributed by atoms with van der Waals surface area (Å²) in [7, 11) is 0. The Morgan fingerprint density at radius 1 is 0.156 bits per heavy atom. The molecule has 0 N–H and O–H groups in total. The van der Waals surface area contributed by atoms with Gasteiger partial charge in [0, 0.05) is 27.1 Å². The van der Waals surface area contributed by atoms with Crippen LogP contribution in [0.5, 0.6) is 0 Å². The highest BCUT2D eigenvalue weighted by Gasteiger charge is 2.56. The van der Waals surface area contributed by atoms with Crippen molar-refractivity contribution in [1.82, 2.24) is 0 Å². The van der Waals surface area contributed by atoms with Crippen molar-refractivity contribution in [3.8, 4) is 145 Å². The van der Waals surface area contributed by atoms with Gasteiger partial charge in [0.25, 0.3) is 0 Å². The van der Waals surface area contributed by atoms with E-state index in [-0.39, 0.29) is 27.1 Å². The van der Waals surface area contributed by atoms with E-state index in [1.165, 1.54) is 332 Å². The number of rotatable bonds is 18. The Labute approximate surface area is 797 Å². The molecule has 0 aromatic heterocycles. The predicted molar refractivity (Wildman–Crippen MR) is 568 cm³/mol. The summed E-state index contributed by atoms with van der Waals surface area (Å²) in [5, 5.41) is 5.39. The molecule has 27 rings (SSSR count).